The molecular formula is C15H10ClNO2S. The Morgan fingerprint density at radius 2 is 1.95 bits per heavy atom. The molecule has 0 aliphatic heterocycles. The van der Waals surface area contributed by atoms with Gasteiger partial charge in [0, 0.05) is 15.8 Å². The van der Waals surface area contributed by atoms with E-state index in [1.165, 1.54) is 17.5 Å². The van der Waals surface area contributed by atoms with Crippen LogP contribution in [0.5, 0.6) is 5.75 Å². The first-order chi connectivity index (χ1) is 9.65. The Morgan fingerprint density at radius 3 is 2.65 bits per heavy atom. The maximum absolute atomic E-state index is 12.1. The fourth-order valence-electron chi connectivity index (χ4n) is 1.93. The molecule has 3 aromatic rings. The van der Waals surface area contributed by atoms with E-state index >= 15 is 0 Å². The lowest BCUT2D eigenvalue weighted by Crippen LogP contribution is -2.06. The molecule has 0 N–H and O–H groups in total. The van der Waals surface area contributed by atoms with Crippen molar-refractivity contribution in [3.8, 4) is 5.75 Å². The second kappa shape index (κ2) is 5.23. The summed E-state index contributed by atoms with van der Waals surface area (Å²) in [6.07, 6.45) is 1.53. The fraction of sp³-hybridized carbons (Fsp3) is 0.0667. The number of aromatic nitrogens is 1. The van der Waals surface area contributed by atoms with E-state index < -0.39 is 5.97 Å². The largest absolute Gasteiger partial charge is 0.422 e. The molecule has 5 heteroatoms. The zero-order chi connectivity index (χ0) is 14.1. The minimum absolute atomic E-state index is 0.400. The number of ether oxygens (including phenoxy) is 1. The number of aryl methyl sites for hydroxylation is 1. The van der Waals surface area contributed by atoms with Gasteiger partial charge in [-0.1, -0.05) is 35.9 Å². The molecule has 0 aliphatic rings. The third kappa shape index (κ3) is 2.40. The van der Waals surface area contributed by atoms with E-state index in [0.29, 0.717) is 15.6 Å². The van der Waals surface area contributed by atoms with E-state index in [4.69, 9.17) is 16.3 Å². The van der Waals surface area contributed by atoms with Crippen molar-refractivity contribution in [3.05, 3.63) is 57.5 Å². The first kappa shape index (κ1) is 13.1. The highest BCUT2D eigenvalue weighted by molar-refractivity contribution is 7.13. The van der Waals surface area contributed by atoms with Crippen molar-refractivity contribution in [1.29, 1.82) is 0 Å². The van der Waals surface area contributed by atoms with Crippen LogP contribution in [0, 0.1) is 6.92 Å². The number of carbonyl (C=O) groups is 1. The van der Waals surface area contributed by atoms with Crippen molar-refractivity contribution in [2.75, 3.05) is 0 Å². The molecule has 3 nitrogen and oxygen atoms in total. The van der Waals surface area contributed by atoms with Gasteiger partial charge in [0.1, 0.15) is 10.6 Å². The van der Waals surface area contributed by atoms with Crippen molar-refractivity contribution >= 4 is 39.7 Å². The minimum Gasteiger partial charge on any atom is -0.422 e. The summed E-state index contributed by atoms with van der Waals surface area (Å²) in [7, 11) is 0. The van der Waals surface area contributed by atoms with Crippen molar-refractivity contribution < 1.29 is 9.53 Å². The predicted octanol–water partition coefficient (Wildman–Crippen LogP) is 4.48. The quantitative estimate of drug-likeness (QED) is 0.517. The highest BCUT2D eigenvalue weighted by atomic mass is 35.5. The number of thiazole rings is 1. The molecule has 0 bridgehead atoms. The molecule has 1 aromatic heterocycles. The van der Waals surface area contributed by atoms with Gasteiger partial charge in [0.2, 0.25) is 0 Å². The van der Waals surface area contributed by atoms with Crippen molar-refractivity contribution in [2.45, 2.75) is 6.92 Å². The third-order valence-electron chi connectivity index (χ3n) is 2.86. The van der Waals surface area contributed by atoms with Crippen molar-refractivity contribution in [3.63, 3.8) is 0 Å². The van der Waals surface area contributed by atoms with Crippen LogP contribution in [0.1, 0.15) is 14.7 Å². The number of nitrogens with zero attached hydrogens (tertiary/aromatic N) is 1. The maximum Gasteiger partial charge on any atom is 0.355 e. The van der Waals surface area contributed by atoms with Gasteiger partial charge in [-0.25, -0.2) is 9.78 Å². The van der Waals surface area contributed by atoms with Crippen LogP contribution in [0.15, 0.2) is 42.6 Å². The molecule has 1 heterocycles. The first-order valence-electron chi connectivity index (χ1n) is 5.97. The van der Waals surface area contributed by atoms with E-state index in [9.17, 15) is 4.79 Å². The molecule has 100 valence electrons. The molecule has 0 spiro atoms. The van der Waals surface area contributed by atoms with Crippen LogP contribution in [0.25, 0.3) is 10.8 Å². The number of rotatable bonds is 2. The van der Waals surface area contributed by atoms with E-state index in [1.807, 2.05) is 31.2 Å². The summed E-state index contributed by atoms with van der Waals surface area (Å²) >= 11 is 7.45. The summed E-state index contributed by atoms with van der Waals surface area (Å²) in [4.78, 5) is 16.6. The Morgan fingerprint density at radius 1 is 1.20 bits per heavy atom. The number of fused-ring (bicyclic) bond motifs is 1. The normalized spacial score (nSPS) is 10.7. The van der Waals surface area contributed by atoms with Gasteiger partial charge in [0.15, 0.2) is 0 Å². The maximum atomic E-state index is 12.1. The molecule has 0 unspecified atom stereocenters. The molecule has 0 atom stereocenters. The first-order valence-corrected chi connectivity index (χ1v) is 7.16. The minimum atomic E-state index is -0.400. The topological polar surface area (TPSA) is 39.2 Å². The average Bonchev–Trinajstić information content (AvgIpc) is 2.89. The highest BCUT2D eigenvalue weighted by Crippen LogP contribution is 2.31. The van der Waals surface area contributed by atoms with Gasteiger partial charge >= 0.3 is 5.97 Å². The van der Waals surface area contributed by atoms with Gasteiger partial charge in [-0.2, -0.15) is 0 Å². The van der Waals surface area contributed by atoms with E-state index in [1.54, 1.807) is 12.1 Å². The summed E-state index contributed by atoms with van der Waals surface area (Å²) in [5.74, 6) is 0.101. The molecule has 20 heavy (non-hydrogen) atoms. The van der Waals surface area contributed by atoms with Crippen LogP contribution >= 0.6 is 22.9 Å². The van der Waals surface area contributed by atoms with E-state index in [0.717, 1.165) is 15.8 Å². The van der Waals surface area contributed by atoms with Crippen LogP contribution in [0.2, 0.25) is 5.02 Å². The number of benzene rings is 2. The molecular weight excluding hydrogens is 294 g/mol. The Labute approximate surface area is 124 Å². The summed E-state index contributed by atoms with van der Waals surface area (Å²) in [6, 6.07) is 11.0. The van der Waals surface area contributed by atoms with Gasteiger partial charge in [0.05, 0.1) is 11.2 Å². The number of carbonyl (C=O) groups excluding carboxylic acids is 1. The van der Waals surface area contributed by atoms with E-state index in [-0.39, 0.29) is 0 Å². The summed E-state index contributed by atoms with van der Waals surface area (Å²) < 4.78 is 5.45. The van der Waals surface area contributed by atoms with Gasteiger partial charge in [-0.15, -0.1) is 11.3 Å². The van der Waals surface area contributed by atoms with Crippen LogP contribution in [0.4, 0.5) is 0 Å². The zero-order valence-corrected chi connectivity index (χ0v) is 12.2. The number of esters is 1. The lowest BCUT2D eigenvalue weighted by molar-refractivity contribution is 0.0742. The van der Waals surface area contributed by atoms with Crippen LogP contribution in [0.3, 0.4) is 0 Å². The van der Waals surface area contributed by atoms with Crippen LogP contribution < -0.4 is 4.74 Å². The lowest BCUT2D eigenvalue weighted by atomic mass is 10.1. The van der Waals surface area contributed by atoms with Gasteiger partial charge < -0.3 is 4.74 Å². The second-order valence-corrected chi connectivity index (χ2v) is 5.87. The Kier molecular flexibility index (Phi) is 3.42. The second-order valence-electron chi connectivity index (χ2n) is 4.22. The SMILES string of the molecule is Cc1ncc(C(=O)Oc2ccc(Cl)c3ccccc23)s1. The lowest BCUT2D eigenvalue weighted by Gasteiger charge is -2.07. The van der Waals surface area contributed by atoms with Gasteiger partial charge in [-0.3, -0.25) is 0 Å². The van der Waals surface area contributed by atoms with Crippen LogP contribution in [-0.2, 0) is 0 Å². The molecule has 3 rings (SSSR count). The third-order valence-corrected chi connectivity index (χ3v) is 4.08. The van der Waals surface area contributed by atoms with Crippen molar-refractivity contribution in [1.82, 2.24) is 4.98 Å². The molecule has 0 radical (unpaired) electrons. The average molecular weight is 304 g/mol. The van der Waals surface area contributed by atoms with Crippen molar-refractivity contribution in [2.24, 2.45) is 0 Å². The Hall–Kier alpha value is -1.91. The Bertz CT molecular complexity index is 797. The monoisotopic (exact) mass is 303 g/mol. The molecule has 0 amide bonds. The smallest absolute Gasteiger partial charge is 0.355 e. The highest BCUT2D eigenvalue weighted by Gasteiger charge is 2.14. The molecule has 2 aromatic carbocycles. The summed E-state index contributed by atoms with van der Waals surface area (Å²) in [6.45, 7) is 1.85. The van der Waals surface area contributed by atoms with E-state index in [2.05, 4.69) is 4.98 Å². The molecule has 0 saturated carbocycles. The number of hydrogen-bond donors (Lipinski definition) is 0. The predicted molar refractivity (Wildman–Crippen MR) is 80.8 cm³/mol. The summed E-state index contributed by atoms with van der Waals surface area (Å²) in [5, 5.41) is 3.14. The molecule has 0 saturated heterocycles. The Balaban J connectivity index is 1.99. The fourth-order valence-corrected chi connectivity index (χ4v) is 2.81. The van der Waals surface area contributed by atoms with Gasteiger partial charge in [-0.05, 0) is 19.1 Å². The summed E-state index contributed by atoms with van der Waals surface area (Å²) in [5.41, 5.74) is 0. The molecule has 0 aliphatic carbocycles. The van der Waals surface area contributed by atoms with Crippen LogP contribution in [-0.4, -0.2) is 11.0 Å². The number of hydrogen-bond acceptors (Lipinski definition) is 4. The molecule has 0 fully saturated rings. The standard InChI is InChI=1S/C15H10ClNO2S/c1-9-17-8-14(20-9)15(18)19-13-7-6-12(16)10-4-2-3-5-11(10)13/h2-8H,1H3. The van der Waals surface area contributed by atoms with Gasteiger partial charge in [0.25, 0.3) is 0 Å². The zero-order valence-electron chi connectivity index (χ0n) is 10.6. The number of halogens is 1.